The zero-order valence-corrected chi connectivity index (χ0v) is 15.5. The molecule has 2 aliphatic carbocycles. The summed E-state index contributed by atoms with van der Waals surface area (Å²) in [5.41, 5.74) is 1.87. The Morgan fingerprint density at radius 3 is 2.62 bits per heavy atom. The predicted octanol–water partition coefficient (Wildman–Crippen LogP) is 2.98. The van der Waals surface area contributed by atoms with Crippen LogP contribution in [0.1, 0.15) is 54.1 Å². The van der Waals surface area contributed by atoms with Crippen LogP contribution in [0.5, 0.6) is 5.75 Å². The van der Waals surface area contributed by atoms with Crippen molar-refractivity contribution >= 4 is 26.8 Å². The molecule has 0 bridgehead atoms. The molecule has 1 N–H and O–H groups in total. The number of nitrogens with one attached hydrogen (secondary N) is 1. The Labute approximate surface area is 153 Å². The minimum absolute atomic E-state index is 0.0144. The first kappa shape index (κ1) is 17.3. The van der Waals surface area contributed by atoms with Crippen molar-refractivity contribution in [1.29, 1.82) is 0 Å². The van der Waals surface area contributed by atoms with E-state index >= 15 is 0 Å². The number of methoxy groups -OCH3 is 1. The van der Waals surface area contributed by atoms with Crippen LogP contribution in [0.3, 0.4) is 0 Å². The Bertz CT molecular complexity index is 963. The van der Waals surface area contributed by atoms with Crippen molar-refractivity contribution in [3.05, 3.63) is 35.5 Å². The number of pyridine rings is 1. The number of carbonyl (C=O) groups is 1. The lowest BCUT2D eigenvalue weighted by molar-refractivity contribution is 0.0982. The highest BCUT2D eigenvalue weighted by molar-refractivity contribution is 7.90. The summed E-state index contributed by atoms with van der Waals surface area (Å²) in [7, 11) is -2.09. The van der Waals surface area contributed by atoms with Crippen molar-refractivity contribution in [3.63, 3.8) is 0 Å². The van der Waals surface area contributed by atoms with Gasteiger partial charge in [0, 0.05) is 17.0 Å². The highest BCUT2D eigenvalue weighted by Gasteiger charge is 2.29. The van der Waals surface area contributed by atoms with Gasteiger partial charge < -0.3 is 4.74 Å². The van der Waals surface area contributed by atoms with Gasteiger partial charge in [0.25, 0.3) is 5.91 Å². The Morgan fingerprint density at radius 1 is 1.23 bits per heavy atom. The fourth-order valence-electron chi connectivity index (χ4n) is 3.34. The lowest BCUT2D eigenvalue weighted by Gasteiger charge is -2.24. The summed E-state index contributed by atoms with van der Waals surface area (Å²) in [6, 6.07) is 7.06. The van der Waals surface area contributed by atoms with E-state index in [0.717, 1.165) is 37.8 Å². The zero-order valence-electron chi connectivity index (χ0n) is 14.7. The number of benzene rings is 1. The lowest BCUT2D eigenvalue weighted by Crippen LogP contribution is -2.36. The van der Waals surface area contributed by atoms with Gasteiger partial charge >= 0.3 is 0 Å². The second-order valence-corrected chi connectivity index (χ2v) is 9.03. The van der Waals surface area contributed by atoms with Crippen molar-refractivity contribution in [2.75, 3.05) is 12.9 Å². The van der Waals surface area contributed by atoms with Crippen molar-refractivity contribution in [1.82, 2.24) is 9.71 Å². The van der Waals surface area contributed by atoms with E-state index in [-0.39, 0.29) is 11.7 Å². The Morgan fingerprint density at radius 2 is 2.00 bits per heavy atom. The molecule has 0 unspecified atom stereocenters. The SMILES string of the molecule is COc1ccc2nc(C3CC3)cc(C(=O)NS(=O)(=O)CC3CCC3)c2c1. The second kappa shape index (κ2) is 6.54. The molecule has 0 saturated heterocycles. The fourth-order valence-corrected chi connectivity index (χ4v) is 4.77. The first-order chi connectivity index (χ1) is 12.4. The zero-order chi connectivity index (χ0) is 18.3. The van der Waals surface area contributed by atoms with E-state index in [2.05, 4.69) is 9.71 Å². The number of carbonyl (C=O) groups excluding carboxylic acids is 1. The molecule has 6 nitrogen and oxygen atoms in total. The maximum atomic E-state index is 12.8. The summed E-state index contributed by atoms with van der Waals surface area (Å²) in [4.78, 5) is 17.4. The molecule has 0 aliphatic heterocycles. The van der Waals surface area contributed by atoms with Crippen molar-refractivity contribution < 1.29 is 17.9 Å². The minimum atomic E-state index is -3.64. The Kier molecular flexibility index (Phi) is 4.34. The molecule has 1 aromatic heterocycles. The summed E-state index contributed by atoms with van der Waals surface area (Å²) < 4.78 is 32.2. The molecule has 0 radical (unpaired) electrons. The van der Waals surface area contributed by atoms with Gasteiger partial charge in [-0.1, -0.05) is 6.42 Å². The van der Waals surface area contributed by atoms with Crippen LogP contribution in [0.4, 0.5) is 0 Å². The highest BCUT2D eigenvalue weighted by Crippen LogP contribution is 2.40. The molecule has 1 heterocycles. The van der Waals surface area contributed by atoms with E-state index in [1.807, 2.05) is 0 Å². The standard InChI is InChI=1S/C19H22N2O4S/c1-25-14-7-8-17-15(9-14)16(10-18(20-17)13-5-6-13)19(22)21-26(23,24)11-12-3-2-4-12/h7-10,12-13H,2-6,11H2,1H3,(H,21,22). The highest BCUT2D eigenvalue weighted by atomic mass is 32.2. The molecule has 138 valence electrons. The van der Waals surface area contributed by atoms with Crippen molar-refractivity contribution in [2.24, 2.45) is 5.92 Å². The first-order valence-corrected chi connectivity index (χ1v) is 10.6. The molecular weight excluding hydrogens is 352 g/mol. The third-order valence-electron chi connectivity index (χ3n) is 5.20. The van der Waals surface area contributed by atoms with Crippen LogP contribution in [0.25, 0.3) is 10.9 Å². The van der Waals surface area contributed by atoms with Crippen LogP contribution in [0.15, 0.2) is 24.3 Å². The molecule has 4 rings (SSSR count). The summed E-state index contributed by atoms with van der Waals surface area (Å²) >= 11 is 0. The third-order valence-corrected chi connectivity index (χ3v) is 6.61. The van der Waals surface area contributed by atoms with Crippen molar-refractivity contribution in [3.8, 4) is 5.75 Å². The first-order valence-electron chi connectivity index (χ1n) is 8.99. The van der Waals surface area contributed by atoms with Crippen LogP contribution in [0, 0.1) is 5.92 Å². The quantitative estimate of drug-likeness (QED) is 0.840. The predicted molar refractivity (Wildman–Crippen MR) is 98.9 cm³/mol. The average molecular weight is 374 g/mol. The fraction of sp³-hybridized carbons (Fsp3) is 0.474. The molecule has 2 saturated carbocycles. The second-order valence-electron chi connectivity index (χ2n) is 7.26. The molecule has 2 fully saturated rings. The van der Waals surface area contributed by atoms with Gasteiger partial charge in [0.05, 0.1) is 23.9 Å². The molecule has 1 amide bonds. The number of ether oxygens (including phenoxy) is 1. The molecule has 1 aromatic carbocycles. The van der Waals surface area contributed by atoms with Crippen molar-refractivity contribution in [2.45, 2.75) is 38.0 Å². The molecule has 7 heteroatoms. The van der Waals surface area contributed by atoms with E-state index in [1.165, 1.54) is 0 Å². The number of sulfonamides is 1. The van der Waals surface area contributed by atoms with E-state index in [9.17, 15) is 13.2 Å². The van der Waals surface area contributed by atoms with Gasteiger partial charge in [-0.2, -0.15) is 0 Å². The maximum absolute atomic E-state index is 12.8. The van der Waals surface area contributed by atoms with Gasteiger partial charge in [-0.3, -0.25) is 9.78 Å². The summed E-state index contributed by atoms with van der Waals surface area (Å²) in [6.07, 6.45) is 4.99. The average Bonchev–Trinajstić information content (AvgIpc) is 3.41. The maximum Gasteiger partial charge on any atom is 0.265 e. The summed E-state index contributed by atoms with van der Waals surface area (Å²) in [5, 5.41) is 0.602. The molecule has 2 aliphatic rings. The largest absolute Gasteiger partial charge is 0.497 e. The van der Waals surface area contributed by atoms with Gasteiger partial charge in [-0.25, -0.2) is 13.1 Å². The van der Waals surface area contributed by atoms with Gasteiger partial charge in [0.15, 0.2) is 0 Å². The number of rotatable bonds is 6. The van der Waals surface area contributed by atoms with Crippen LogP contribution in [-0.2, 0) is 10.0 Å². The number of hydrogen-bond acceptors (Lipinski definition) is 5. The molecular formula is C19H22N2O4S. The van der Waals surface area contributed by atoms with E-state index < -0.39 is 15.9 Å². The van der Waals surface area contributed by atoms with E-state index in [1.54, 1.807) is 31.4 Å². The Hall–Kier alpha value is -2.15. The topological polar surface area (TPSA) is 85.4 Å². The lowest BCUT2D eigenvalue weighted by atomic mass is 9.87. The summed E-state index contributed by atoms with van der Waals surface area (Å²) in [5.74, 6) is 0.550. The van der Waals surface area contributed by atoms with Gasteiger partial charge in [0.2, 0.25) is 10.0 Å². The summed E-state index contributed by atoms with van der Waals surface area (Å²) in [6.45, 7) is 0. The number of aromatic nitrogens is 1. The van der Waals surface area contributed by atoms with Gasteiger partial charge in [-0.05, 0) is 55.9 Å². The molecule has 0 spiro atoms. The van der Waals surface area contributed by atoms with Gasteiger partial charge in [0.1, 0.15) is 5.75 Å². The van der Waals surface area contributed by atoms with E-state index in [0.29, 0.717) is 28.1 Å². The monoisotopic (exact) mass is 374 g/mol. The van der Waals surface area contributed by atoms with Crippen LogP contribution in [0.2, 0.25) is 0 Å². The molecule has 26 heavy (non-hydrogen) atoms. The normalized spacial score (nSPS) is 17.7. The van der Waals surface area contributed by atoms with E-state index in [4.69, 9.17) is 4.74 Å². The minimum Gasteiger partial charge on any atom is -0.497 e. The van der Waals surface area contributed by atoms with Gasteiger partial charge in [-0.15, -0.1) is 0 Å². The molecule has 0 atom stereocenters. The number of hydrogen-bond donors (Lipinski definition) is 1. The van der Waals surface area contributed by atoms with Crippen LogP contribution in [-0.4, -0.2) is 32.2 Å². The Balaban J connectivity index is 1.69. The number of nitrogens with zero attached hydrogens (tertiary/aromatic N) is 1. The molecule has 2 aromatic rings. The number of amides is 1. The number of fused-ring (bicyclic) bond motifs is 1. The third kappa shape index (κ3) is 3.53. The smallest absolute Gasteiger partial charge is 0.265 e. The van der Waals surface area contributed by atoms with Crippen LogP contribution < -0.4 is 9.46 Å². The van der Waals surface area contributed by atoms with Crippen LogP contribution >= 0.6 is 0 Å².